The highest BCUT2D eigenvalue weighted by Crippen LogP contribution is 2.50. The zero-order valence-electron chi connectivity index (χ0n) is 20.0. The van der Waals surface area contributed by atoms with Crippen LogP contribution in [0.4, 0.5) is 0 Å². The zero-order valence-corrected chi connectivity index (χ0v) is 20.0. The van der Waals surface area contributed by atoms with Crippen LogP contribution in [0.3, 0.4) is 0 Å². The van der Waals surface area contributed by atoms with Crippen molar-refractivity contribution in [1.29, 1.82) is 0 Å². The average Bonchev–Trinajstić information content (AvgIpc) is 3.09. The Balaban J connectivity index is 1.78. The number of carbonyl (C=O) groups excluding carboxylic acids is 3. The summed E-state index contributed by atoms with van der Waals surface area (Å²) in [6.45, 7) is 5.51. The van der Waals surface area contributed by atoms with Crippen LogP contribution in [-0.4, -0.2) is 41.0 Å². The first-order valence-electron chi connectivity index (χ1n) is 12.0. The molecule has 0 bridgehead atoms. The van der Waals surface area contributed by atoms with Crippen LogP contribution < -0.4 is 5.32 Å². The molecule has 6 nitrogen and oxygen atoms in total. The maximum atomic E-state index is 13.7. The fraction of sp³-hybridized carbons (Fsp3) is 0.464. The van der Waals surface area contributed by atoms with Crippen molar-refractivity contribution in [2.24, 2.45) is 23.7 Å². The van der Waals surface area contributed by atoms with Gasteiger partial charge in [0.1, 0.15) is 0 Å². The van der Waals surface area contributed by atoms with E-state index >= 15 is 0 Å². The minimum absolute atomic E-state index is 0.0297. The summed E-state index contributed by atoms with van der Waals surface area (Å²) in [5.41, 5.74) is 1.31. The highest BCUT2D eigenvalue weighted by molar-refractivity contribution is 5.97. The topological polar surface area (TPSA) is 92.7 Å². The van der Waals surface area contributed by atoms with E-state index in [1.54, 1.807) is 13.0 Å². The van der Waals surface area contributed by atoms with Gasteiger partial charge in [0, 0.05) is 23.8 Å². The molecule has 1 amide bonds. The predicted molar refractivity (Wildman–Crippen MR) is 129 cm³/mol. The van der Waals surface area contributed by atoms with Crippen LogP contribution in [0.2, 0.25) is 0 Å². The molecule has 4 rings (SSSR count). The lowest BCUT2D eigenvalue weighted by atomic mass is 9.63. The van der Waals surface area contributed by atoms with Crippen molar-refractivity contribution in [3.05, 3.63) is 71.3 Å². The molecule has 6 atom stereocenters. The molecule has 0 aromatic heterocycles. The van der Waals surface area contributed by atoms with Gasteiger partial charge in [-0.15, -0.1) is 0 Å². The van der Waals surface area contributed by atoms with Crippen molar-refractivity contribution >= 4 is 17.7 Å². The van der Waals surface area contributed by atoms with Gasteiger partial charge in [-0.2, -0.15) is 0 Å². The van der Waals surface area contributed by atoms with Gasteiger partial charge in [0.25, 0.3) is 5.91 Å². The SMILES string of the molecule is CC1=CCC(=O)OC23C(=O)NC(Cc4ccccc4)C2C(C)C(C)=CC3C=CCC(CO)C1=O. The molecule has 1 aromatic carbocycles. The monoisotopic (exact) mass is 463 g/mol. The Bertz CT molecular complexity index is 1060. The van der Waals surface area contributed by atoms with E-state index in [0.717, 1.165) is 11.1 Å². The molecule has 0 saturated carbocycles. The summed E-state index contributed by atoms with van der Waals surface area (Å²) in [5, 5.41) is 12.9. The van der Waals surface area contributed by atoms with Crippen LogP contribution in [0.5, 0.6) is 0 Å². The molecule has 0 radical (unpaired) electrons. The van der Waals surface area contributed by atoms with E-state index in [0.29, 0.717) is 18.4 Å². The molecule has 1 spiro atoms. The number of allylic oxidation sites excluding steroid dienone is 3. The van der Waals surface area contributed by atoms with Crippen molar-refractivity contribution in [1.82, 2.24) is 5.32 Å². The summed E-state index contributed by atoms with van der Waals surface area (Å²) in [6.07, 6.45) is 8.15. The average molecular weight is 464 g/mol. The molecular weight excluding hydrogens is 430 g/mol. The molecule has 180 valence electrons. The number of carbonyl (C=O) groups is 3. The maximum absolute atomic E-state index is 13.7. The minimum Gasteiger partial charge on any atom is -0.447 e. The largest absolute Gasteiger partial charge is 0.447 e. The normalized spacial score (nSPS) is 34.0. The van der Waals surface area contributed by atoms with Gasteiger partial charge in [-0.3, -0.25) is 14.4 Å². The van der Waals surface area contributed by atoms with Gasteiger partial charge >= 0.3 is 5.97 Å². The third-order valence-electron chi connectivity index (χ3n) is 7.69. The zero-order chi connectivity index (χ0) is 24.5. The smallest absolute Gasteiger partial charge is 0.310 e. The molecule has 6 unspecified atom stereocenters. The van der Waals surface area contributed by atoms with Crippen LogP contribution in [0.25, 0.3) is 0 Å². The lowest BCUT2D eigenvalue weighted by Gasteiger charge is -2.44. The van der Waals surface area contributed by atoms with Crippen molar-refractivity contribution in [3.63, 3.8) is 0 Å². The number of ether oxygens (including phenoxy) is 1. The summed E-state index contributed by atoms with van der Waals surface area (Å²) >= 11 is 0. The van der Waals surface area contributed by atoms with E-state index in [2.05, 4.69) is 19.2 Å². The van der Waals surface area contributed by atoms with E-state index < -0.39 is 23.4 Å². The second-order valence-electron chi connectivity index (χ2n) is 9.79. The second-order valence-corrected chi connectivity index (χ2v) is 9.79. The van der Waals surface area contributed by atoms with Gasteiger partial charge in [0.05, 0.1) is 13.0 Å². The first-order valence-corrected chi connectivity index (χ1v) is 12.0. The number of Topliss-reactive ketones (excluding diaryl/α,β-unsaturated/α-hetero) is 1. The summed E-state index contributed by atoms with van der Waals surface area (Å²) in [4.78, 5) is 39.3. The number of amides is 1. The molecule has 2 heterocycles. The van der Waals surface area contributed by atoms with E-state index in [9.17, 15) is 19.5 Å². The second kappa shape index (κ2) is 9.71. The van der Waals surface area contributed by atoms with Gasteiger partial charge < -0.3 is 15.2 Å². The van der Waals surface area contributed by atoms with Crippen LogP contribution in [-0.2, 0) is 25.5 Å². The highest BCUT2D eigenvalue weighted by atomic mass is 16.6. The summed E-state index contributed by atoms with van der Waals surface area (Å²) in [5.74, 6) is -2.24. The van der Waals surface area contributed by atoms with E-state index in [1.165, 1.54) is 0 Å². The van der Waals surface area contributed by atoms with Gasteiger partial charge in [-0.05, 0) is 43.7 Å². The van der Waals surface area contributed by atoms with Gasteiger partial charge in [0.15, 0.2) is 5.78 Å². The highest BCUT2D eigenvalue weighted by Gasteiger charge is 2.64. The lowest BCUT2D eigenvalue weighted by Crippen LogP contribution is -2.56. The molecule has 2 aliphatic heterocycles. The Hall–Kier alpha value is -2.99. The number of benzene rings is 1. The number of rotatable bonds is 3. The van der Waals surface area contributed by atoms with Crippen LogP contribution >= 0.6 is 0 Å². The molecule has 1 aromatic rings. The number of aliphatic hydroxyl groups is 1. The van der Waals surface area contributed by atoms with Crippen LogP contribution in [0.15, 0.2) is 65.8 Å². The lowest BCUT2D eigenvalue weighted by molar-refractivity contribution is -0.176. The van der Waals surface area contributed by atoms with Crippen molar-refractivity contribution < 1.29 is 24.2 Å². The van der Waals surface area contributed by atoms with Gasteiger partial charge in [0.2, 0.25) is 5.60 Å². The van der Waals surface area contributed by atoms with E-state index in [1.807, 2.05) is 48.6 Å². The molecule has 2 N–H and O–H groups in total. The molecule has 3 aliphatic rings. The first-order chi connectivity index (χ1) is 16.3. The maximum Gasteiger partial charge on any atom is 0.310 e. The minimum atomic E-state index is -1.36. The number of hydrogen-bond acceptors (Lipinski definition) is 5. The van der Waals surface area contributed by atoms with Crippen molar-refractivity contribution in [3.8, 4) is 0 Å². The third-order valence-corrected chi connectivity index (χ3v) is 7.69. The van der Waals surface area contributed by atoms with Gasteiger partial charge in [-0.25, -0.2) is 0 Å². The van der Waals surface area contributed by atoms with Crippen molar-refractivity contribution in [2.75, 3.05) is 6.61 Å². The first kappa shape index (κ1) is 24.1. The summed E-state index contributed by atoms with van der Waals surface area (Å²) in [7, 11) is 0. The quantitative estimate of drug-likeness (QED) is 0.530. The molecule has 1 aliphatic carbocycles. The Morgan fingerprint density at radius 2 is 1.88 bits per heavy atom. The third kappa shape index (κ3) is 4.27. The standard InChI is InChI=1S/C28H33NO5/c1-17-12-13-24(31)34-28-22(11-7-10-21(16-30)26(17)32)14-18(2)19(3)25(28)23(29-27(28)33)15-20-8-5-4-6-9-20/h4-9,11-12,14,19,21-23,25,30H,10,13,15-16H2,1-3H3,(H,29,33). The number of nitrogens with one attached hydrogen (secondary N) is 1. The van der Waals surface area contributed by atoms with Crippen LogP contribution in [0.1, 0.15) is 39.2 Å². The Morgan fingerprint density at radius 3 is 2.59 bits per heavy atom. The fourth-order valence-electron chi connectivity index (χ4n) is 5.73. The Kier molecular flexibility index (Phi) is 6.89. The van der Waals surface area contributed by atoms with Crippen LogP contribution in [0, 0.1) is 23.7 Å². The van der Waals surface area contributed by atoms with Gasteiger partial charge in [-0.1, -0.05) is 67.1 Å². The molecule has 1 saturated heterocycles. The number of esters is 1. The van der Waals surface area contributed by atoms with E-state index in [4.69, 9.17) is 4.74 Å². The number of aliphatic hydroxyl groups excluding tert-OH is 1. The number of hydrogen-bond donors (Lipinski definition) is 2. The molecular formula is C28H33NO5. The Labute approximate surface area is 200 Å². The van der Waals surface area contributed by atoms with E-state index in [-0.39, 0.29) is 42.6 Å². The predicted octanol–water partition coefficient (Wildman–Crippen LogP) is 3.31. The fourth-order valence-corrected chi connectivity index (χ4v) is 5.73. The number of ketones is 1. The summed E-state index contributed by atoms with van der Waals surface area (Å²) < 4.78 is 6.12. The molecule has 6 heteroatoms. The summed E-state index contributed by atoms with van der Waals surface area (Å²) in [6, 6.07) is 9.81. The molecule has 1 fully saturated rings. The van der Waals surface area contributed by atoms with Crippen molar-refractivity contribution in [2.45, 2.75) is 51.7 Å². The molecule has 34 heavy (non-hydrogen) atoms. The Morgan fingerprint density at radius 1 is 1.15 bits per heavy atom.